The molecule has 2 N–H and O–H groups in total. The van der Waals surface area contributed by atoms with Gasteiger partial charge >= 0.3 is 0 Å². The summed E-state index contributed by atoms with van der Waals surface area (Å²) in [4.78, 5) is -0.334. The van der Waals surface area contributed by atoms with Gasteiger partial charge in [0.05, 0.1) is 0 Å². The van der Waals surface area contributed by atoms with Crippen molar-refractivity contribution in [2.24, 2.45) is 0 Å². The highest BCUT2D eigenvalue weighted by Crippen LogP contribution is 2.34. The van der Waals surface area contributed by atoms with Crippen molar-refractivity contribution in [1.82, 2.24) is 0 Å². The van der Waals surface area contributed by atoms with Gasteiger partial charge in [0, 0.05) is 0 Å². The van der Waals surface area contributed by atoms with Crippen LogP contribution in [0.5, 0.6) is 17.2 Å². The van der Waals surface area contributed by atoms with Crippen molar-refractivity contribution < 1.29 is 22.8 Å². The third-order valence-corrected chi connectivity index (χ3v) is 6.33. The fourth-order valence-corrected chi connectivity index (χ4v) is 4.28. The molecule has 5 nitrogen and oxygen atoms in total. The van der Waals surface area contributed by atoms with Crippen molar-refractivity contribution in [3.05, 3.63) is 48.0 Å². The van der Waals surface area contributed by atoms with Gasteiger partial charge in [-0.1, -0.05) is 89.3 Å². The molecule has 0 heterocycles. The summed E-state index contributed by atoms with van der Waals surface area (Å²) in [6, 6.07) is 10.9. The molecule has 0 aliphatic rings. The first-order valence-corrected chi connectivity index (χ1v) is 12.9. The van der Waals surface area contributed by atoms with Crippen LogP contribution in [0.3, 0.4) is 0 Å². The minimum Gasteiger partial charge on any atom is -0.504 e. The molecule has 0 amide bonds. The Morgan fingerprint density at radius 2 is 1.35 bits per heavy atom. The Labute approximate surface area is 187 Å². The normalized spacial score (nSPS) is 11.5. The number of hydrogen-bond donors (Lipinski definition) is 2. The van der Waals surface area contributed by atoms with Crippen molar-refractivity contribution in [3.63, 3.8) is 0 Å². The highest BCUT2D eigenvalue weighted by molar-refractivity contribution is 7.86. The molecule has 0 spiro atoms. The number of para-hydroxylation sites is 1. The van der Waals surface area contributed by atoms with Crippen LogP contribution in [0.15, 0.2) is 47.4 Å². The first-order valence-electron chi connectivity index (χ1n) is 11.5. The van der Waals surface area contributed by atoms with E-state index < -0.39 is 10.1 Å². The molecular formula is C25H36O5S. The number of phenols is 1. The van der Waals surface area contributed by atoms with Gasteiger partial charge in [-0.2, -0.15) is 8.42 Å². The van der Waals surface area contributed by atoms with Gasteiger partial charge in [-0.05, 0) is 42.7 Å². The molecule has 2 aromatic rings. The largest absolute Gasteiger partial charge is 0.504 e. The molecule has 0 fully saturated rings. The number of benzene rings is 2. The second-order valence-corrected chi connectivity index (χ2v) is 9.50. The summed E-state index contributed by atoms with van der Waals surface area (Å²) in [7, 11) is -4.41. The van der Waals surface area contributed by atoms with Crippen molar-refractivity contribution in [2.45, 2.75) is 88.9 Å². The molecule has 0 aliphatic heterocycles. The van der Waals surface area contributed by atoms with Gasteiger partial charge in [0.1, 0.15) is 10.6 Å². The number of unbranched alkanes of at least 4 members (excludes halogenated alkanes) is 10. The van der Waals surface area contributed by atoms with Gasteiger partial charge < -0.3 is 9.84 Å². The highest BCUT2D eigenvalue weighted by atomic mass is 32.2. The molecular weight excluding hydrogens is 412 g/mol. The maximum atomic E-state index is 11.5. The standard InChI is InChI=1S/C25H36O5S/c1-2-3-4-5-6-7-8-9-10-11-12-15-21-18-19-23(22(26)20-21)30-24-16-13-14-17-25(24)31(27,28)29/h13-14,16-20,26H,2-12,15H2,1H3,(H,27,28,29). The van der Waals surface area contributed by atoms with Gasteiger partial charge in [-0.25, -0.2) is 0 Å². The SMILES string of the molecule is CCCCCCCCCCCCCc1ccc(Oc2ccccc2S(=O)(=O)O)c(O)c1. The molecule has 0 saturated heterocycles. The summed E-state index contributed by atoms with van der Waals surface area (Å²) >= 11 is 0. The predicted octanol–water partition coefficient (Wildman–Crippen LogP) is 7.28. The maximum Gasteiger partial charge on any atom is 0.298 e. The summed E-state index contributed by atoms with van der Waals surface area (Å²) in [5, 5.41) is 10.3. The van der Waals surface area contributed by atoms with Gasteiger partial charge in [-0.15, -0.1) is 0 Å². The van der Waals surface area contributed by atoms with Crippen LogP contribution >= 0.6 is 0 Å². The van der Waals surface area contributed by atoms with E-state index in [4.69, 9.17) is 4.74 Å². The van der Waals surface area contributed by atoms with Crippen LogP contribution in [-0.4, -0.2) is 18.1 Å². The van der Waals surface area contributed by atoms with E-state index in [9.17, 15) is 18.1 Å². The molecule has 31 heavy (non-hydrogen) atoms. The fourth-order valence-electron chi connectivity index (χ4n) is 3.66. The number of rotatable bonds is 15. The van der Waals surface area contributed by atoms with E-state index in [0.717, 1.165) is 18.4 Å². The minimum atomic E-state index is -4.41. The number of aromatic hydroxyl groups is 1. The average Bonchev–Trinajstić information content (AvgIpc) is 2.73. The van der Waals surface area contributed by atoms with Crippen LogP contribution in [0.2, 0.25) is 0 Å². The Morgan fingerprint density at radius 3 is 1.94 bits per heavy atom. The molecule has 0 bridgehead atoms. The minimum absolute atomic E-state index is 0.0292. The van der Waals surface area contributed by atoms with Gasteiger partial charge in [0.25, 0.3) is 10.1 Å². The quantitative estimate of drug-likeness (QED) is 0.221. The highest BCUT2D eigenvalue weighted by Gasteiger charge is 2.17. The second-order valence-electron chi connectivity index (χ2n) is 8.11. The Hall–Kier alpha value is -2.05. The molecule has 0 aromatic heterocycles. The molecule has 2 aromatic carbocycles. The van der Waals surface area contributed by atoms with Crippen LogP contribution in [0.4, 0.5) is 0 Å². The van der Waals surface area contributed by atoms with E-state index in [-0.39, 0.29) is 22.1 Å². The first kappa shape index (κ1) is 25.2. The lowest BCUT2D eigenvalue weighted by Crippen LogP contribution is -2.01. The van der Waals surface area contributed by atoms with Gasteiger partial charge in [-0.3, -0.25) is 4.55 Å². The topological polar surface area (TPSA) is 83.8 Å². The lowest BCUT2D eigenvalue weighted by atomic mass is 10.0. The first-order chi connectivity index (χ1) is 14.9. The number of ether oxygens (including phenoxy) is 1. The third-order valence-electron chi connectivity index (χ3n) is 5.44. The van der Waals surface area contributed by atoms with Crippen LogP contribution in [0.1, 0.15) is 83.1 Å². The van der Waals surface area contributed by atoms with E-state index >= 15 is 0 Å². The van der Waals surface area contributed by atoms with Gasteiger partial charge in [0.2, 0.25) is 0 Å². The molecule has 172 valence electrons. The number of hydrogen-bond acceptors (Lipinski definition) is 4. The van der Waals surface area contributed by atoms with Crippen LogP contribution in [0, 0.1) is 0 Å². The van der Waals surface area contributed by atoms with Crippen molar-refractivity contribution in [3.8, 4) is 17.2 Å². The summed E-state index contributed by atoms with van der Waals surface area (Å²) < 4.78 is 37.8. The Balaban J connectivity index is 1.73. The van der Waals surface area contributed by atoms with E-state index in [1.807, 2.05) is 6.07 Å². The Kier molecular flexibility index (Phi) is 10.9. The van der Waals surface area contributed by atoms with Crippen molar-refractivity contribution in [2.75, 3.05) is 0 Å². The zero-order chi connectivity index (χ0) is 22.5. The van der Waals surface area contributed by atoms with Gasteiger partial charge in [0.15, 0.2) is 11.5 Å². The summed E-state index contributed by atoms with van der Waals surface area (Å²) in [5.74, 6) is 0.0721. The van der Waals surface area contributed by atoms with Crippen molar-refractivity contribution >= 4 is 10.1 Å². The third kappa shape index (κ3) is 9.32. The molecule has 0 atom stereocenters. The average molecular weight is 449 g/mol. The molecule has 2 rings (SSSR count). The van der Waals surface area contributed by atoms with Crippen LogP contribution < -0.4 is 4.74 Å². The number of phenolic OH excluding ortho intramolecular Hbond substituents is 1. The van der Waals surface area contributed by atoms with Crippen LogP contribution in [0.25, 0.3) is 0 Å². The molecule has 0 radical (unpaired) electrons. The summed E-state index contributed by atoms with van der Waals surface area (Å²) in [5.41, 5.74) is 1.02. The summed E-state index contributed by atoms with van der Waals surface area (Å²) in [6.07, 6.45) is 15.1. The van der Waals surface area contributed by atoms with E-state index in [2.05, 4.69) is 6.92 Å². The monoisotopic (exact) mass is 448 g/mol. The maximum absolute atomic E-state index is 11.5. The van der Waals surface area contributed by atoms with Crippen LogP contribution in [-0.2, 0) is 16.5 Å². The lowest BCUT2D eigenvalue weighted by Gasteiger charge is -2.11. The van der Waals surface area contributed by atoms with E-state index in [1.54, 1.807) is 18.2 Å². The zero-order valence-corrected chi connectivity index (χ0v) is 19.4. The predicted molar refractivity (Wildman–Crippen MR) is 125 cm³/mol. The summed E-state index contributed by atoms with van der Waals surface area (Å²) in [6.45, 7) is 2.25. The zero-order valence-electron chi connectivity index (χ0n) is 18.6. The molecule has 6 heteroatoms. The molecule has 0 saturated carbocycles. The van der Waals surface area contributed by atoms with E-state index in [0.29, 0.717) is 0 Å². The fraction of sp³-hybridized carbons (Fsp3) is 0.520. The smallest absolute Gasteiger partial charge is 0.298 e. The second kappa shape index (κ2) is 13.4. The molecule has 0 unspecified atom stereocenters. The Morgan fingerprint density at radius 1 is 0.774 bits per heavy atom. The number of aryl methyl sites for hydroxylation is 1. The van der Waals surface area contributed by atoms with Crippen molar-refractivity contribution in [1.29, 1.82) is 0 Å². The molecule has 0 aliphatic carbocycles. The Bertz CT molecular complexity index is 893. The van der Waals surface area contributed by atoms with E-state index in [1.165, 1.54) is 82.4 Å². The lowest BCUT2D eigenvalue weighted by molar-refractivity contribution is 0.401.